The van der Waals surface area contributed by atoms with E-state index in [4.69, 9.17) is 0 Å². The predicted molar refractivity (Wildman–Crippen MR) is 129 cm³/mol. The summed E-state index contributed by atoms with van der Waals surface area (Å²) in [6.07, 6.45) is 2.91. The quantitative estimate of drug-likeness (QED) is 0.445. The number of carbonyl (C=O) groups is 1. The number of benzene rings is 3. The van der Waals surface area contributed by atoms with E-state index >= 15 is 0 Å². The molecule has 0 heterocycles. The van der Waals surface area contributed by atoms with Gasteiger partial charge in [0.25, 0.3) is 0 Å². The molecule has 3 aromatic rings. The molecule has 2 bridgehead atoms. The Bertz CT molecular complexity index is 1170. The molecule has 0 unspecified atom stereocenters. The lowest BCUT2D eigenvalue weighted by Gasteiger charge is -2.48. The SMILES string of the molecule is O=C1CCCC(O)=C1[C@@H](Sc1ccccc1)[C@@H]1CC2c3ccccc3C1c1ccccc12. The van der Waals surface area contributed by atoms with Crippen LogP contribution in [0.5, 0.6) is 0 Å². The van der Waals surface area contributed by atoms with Crippen molar-refractivity contribution >= 4 is 17.5 Å². The van der Waals surface area contributed by atoms with E-state index in [0.717, 1.165) is 17.7 Å². The topological polar surface area (TPSA) is 37.3 Å². The van der Waals surface area contributed by atoms with Crippen molar-refractivity contribution in [3.8, 4) is 0 Å². The van der Waals surface area contributed by atoms with Crippen LogP contribution in [0, 0.1) is 5.92 Å². The number of ketones is 1. The smallest absolute Gasteiger partial charge is 0.163 e. The molecule has 7 rings (SSSR count). The zero-order valence-electron chi connectivity index (χ0n) is 17.9. The van der Waals surface area contributed by atoms with E-state index in [1.54, 1.807) is 11.8 Å². The van der Waals surface area contributed by atoms with Crippen molar-refractivity contribution in [2.45, 2.75) is 47.7 Å². The Morgan fingerprint density at radius 3 is 2.00 bits per heavy atom. The van der Waals surface area contributed by atoms with Crippen LogP contribution in [0.1, 0.15) is 59.8 Å². The van der Waals surface area contributed by atoms with Crippen LogP contribution >= 0.6 is 11.8 Å². The number of fused-ring (bicyclic) bond motifs is 1. The molecule has 0 aromatic heterocycles. The fraction of sp³-hybridized carbons (Fsp3) is 0.276. The number of thioether (sulfide) groups is 1. The number of carbonyl (C=O) groups excluding carboxylic acids is 1. The lowest BCUT2D eigenvalue weighted by atomic mass is 9.57. The highest BCUT2D eigenvalue weighted by Crippen LogP contribution is 2.59. The standard InChI is InChI=1S/C29H26O2S/c30-25-15-8-16-26(31)28(25)29(32-18-9-2-1-3-10-18)24-17-23-19-11-4-6-13-21(19)27(24)22-14-7-5-12-20(22)23/h1-7,9-14,23-24,27,29-30H,8,15-17H2/t23?,24-,27?,29+/m1/s1. The number of aliphatic hydroxyl groups excluding tert-OH is 1. The second kappa shape index (κ2) is 7.97. The van der Waals surface area contributed by atoms with Gasteiger partial charge in [-0.15, -0.1) is 11.8 Å². The molecule has 0 saturated carbocycles. The molecule has 2 atom stereocenters. The molecule has 160 valence electrons. The lowest BCUT2D eigenvalue weighted by Crippen LogP contribution is -2.39. The van der Waals surface area contributed by atoms with Crippen molar-refractivity contribution < 1.29 is 9.90 Å². The molecular weight excluding hydrogens is 412 g/mol. The molecule has 3 heteroatoms. The number of aliphatic hydroxyl groups is 1. The fourth-order valence-electron chi connectivity index (χ4n) is 6.16. The summed E-state index contributed by atoms with van der Waals surface area (Å²) < 4.78 is 0. The minimum atomic E-state index is -0.0561. The van der Waals surface area contributed by atoms with Crippen LogP contribution < -0.4 is 0 Å². The van der Waals surface area contributed by atoms with E-state index in [9.17, 15) is 9.90 Å². The van der Waals surface area contributed by atoms with E-state index < -0.39 is 0 Å². The van der Waals surface area contributed by atoms with Gasteiger partial charge in [-0.1, -0.05) is 66.7 Å². The van der Waals surface area contributed by atoms with Crippen molar-refractivity contribution in [1.82, 2.24) is 0 Å². The molecule has 0 fully saturated rings. The van der Waals surface area contributed by atoms with Crippen molar-refractivity contribution in [2.75, 3.05) is 0 Å². The average molecular weight is 439 g/mol. The van der Waals surface area contributed by atoms with Crippen molar-refractivity contribution in [2.24, 2.45) is 5.92 Å². The Labute approximate surface area is 193 Å². The number of hydrogen-bond donors (Lipinski definition) is 1. The van der Waals surface area contributed by atoms with Gasteiger partial charge in [0.2, 0.25) is 0 Å². The van der Waals surface area contributed by atoms with Crippen LogP contribution in [0.4, 0.5) is 0 Å². The summed E-state index contributed by atoms with van der Waals surface area (Å²) in [6.45, 7) is 0. The monoisotopic (exact) mass is 438 g/mol. The maximum atomic E-state index is 13.1. The summed E-state index contributed by atoms with van der Waals surface area (Å²) >= 11 is 1.76. The summed E-state index contributed by atoms with van der Waals surface area (Å²) in [5, 5.41) is 10.9. The number of hydrogen-bond acceptors (Lipinski definition) is 3. The van der Waals surface area contributed by atoms with Gasteiger partial charge < -0.3 is 5.11 Å². The van der Waals surface area contributed by atoms with Gasteiger partial charge in [-0.25, -0.2) is 0 Å². The summed E-state index contributed by atoms with van der Waals surface area (Å²) in [4.78, 5) is 14.3. The zero-order valence-corrected chi connectivity index (χ0v) is 18.7. The third-order valence-corrected chi connectivity index (χ3v) is 8.84. The summed E-state index contributed by atoms with van der Waals surface area (Å²) in [6, 6.07) is 28.0. The molecule has 3 aromatic carbocycles. The number of rotatable bonds is 4. The van der Waals surface area contributed by atoms with Gasteiger partial charge in [-0.3, -0.25) is 4.79 Å². The van der Waals surface area contributed by atoms with Gasteiger partial charge in [0.15, 0.2) is 5.78 Å². The highest BCUT2D eigenvalue weighted by atomic mass is 32.2. The molecule has 0 aliphatic heterocycles. The largest absolute Gasteiger partial charge is 0.512 e. The van der Waals surface area contributed by atoms with Gasteiger partial charge in [0.05, 0.1) is 0 Å². The van der Waals surface area contributed by atoms with Crippen LogP contribution in [0.15, 0.2) is 95.1 Å². The fourth-order valence-corrected chi connectivity index (χ4v) is 7.59. The lowest BCUT2D eigenvalue weighted by molar-refractivity contribution is -0.116. The second-order valence-corrected chi connectivity index (χ2v) is 10.4. The summed E-state index contributed by atoms with van der Waals surface area (Å²) in [7, 11) is 0. The average Bonchev–Trinajstić information content (AvgIpc) is 2.84. The van der Waals surface area contributed by atoms with Crippen molar-refractivity contribution in [1.29, 1.82) is 0 Å². The highest BCUT2D eigenvalue weighted by Gasteiger charge is 2.48. The molecule has 0 saturated heterocycles. The van der Waals surface area contributed by atoms with E-state index in [1.807, 2.05) is 18.2 Å². The van der Waals surface area contributed by atoms with Gasteiger partial charge >= 0.3 is 0 Å². The Kier molecular flexibility index (Phi) is 4.95. The number of allylic oxidation sites excluding steroid dienone is 1. The summed E-state index contributed by atoms with van der Waals surface area (Å²) in [5.41, 5.74) is 6.34. The van der Waals surface area contributed by atoms with Crippen molar-refractivity contribution in [3.63, 3.8) is 0 Å². The molecule has 1 N–H and O–H groups in total. The summed E-state index contributed by atoms with van der Waals surface area (Å²) in [5.74, 6) is 1.29. The van der Waals surface area contributed by atoms with Crippen LogP contribution in [0.2, 0.25) is 0 Å². The van der Waals surface area contributed by atoms with E-state index in [1.165, 1.54) is 22.3 Å². The Hall–Kier alpha value is -2.78. The van der Waals surface area contributed by atoms with Crippen molar-refractivity contribution in [3.05, 3.63) is 112 Å². The second-order valence-electron chi connectivity index (χ2n) is 9.18. The van der Waals surface area contributed by atoms with Gasteiger partial charge in [-0.2, -0.15) is 0 Å². The van der Waals surface area contributed by atoms with E-state index in [2.05, 4.69) is 60.7 Å². The van der Waals surface area contributed by atoms with Crippen LogP contribution in [-0.2, 0) is 4.79 Å². The Morgan fingerprint density at radius 1 is 0.781 bits per heavy atom. The normalized spacial score (nSPS) is 24.8. The third kappa shape index (κ3) is 3.14. The number of Topliss-reactive ketones (excluding diaryl/α,β-unsaturated/α-hetero) is 1. The van der Waals surface area contributed by atoms with E-state index in [-0.39, 0.29) is 22.9 Å². The first-order chi connectivity index (χ1) is 15.7. The Balaban J connectivity index is 1.51. The Morgan fingerprint density at radius 2 is 1.38 bits per heavy atom. The first-order valence-corrected chi connectivity index (χ1v) is 12.4. The highest BCUT2D eigenvalue weighted by molar-refractivity contribution is 8.00. The molecule has 2 nitrogen and oxygen atoms in total. The maximum absolute atomic E-state index is 13.1. The van der Waals surface area contributed by atoms with Crippen LogP contribution in [0.3, 0.4) is 0 Å². The van der Waals surface area contributed by atoms with Crippen LogP contribution in [-0.4, -0.2) is 16.1 Å². The van der Waals surface area contributed by atoms with Crippen LogP contribution in [0.25, 0.3) is 0 Å². The third-order valence-electron chi connectivity index (χ3n) is 7.46. The first-order valence-electron chi connectivity index (χ1n) is 11.6. The molecule has 4 aliphatic carbocycles. The molecular formula is C29H26O2S. The van der Waals surface area contributed by atoms with Gasteiger partial charge in [0, 0.05) is 40.4 Å². The zero-order chi connectivity index (χ0) is 21.7. The molecule has 0 amide bonds. The predicted octanol–water partition coefficient (Wildman–Crippen LogP) is 7.01. The minimum Gasteiger partial charge on any atom is -0.512 e. The molecule has 32 heavy (non-hydrogen) atoms. The minimum absolute atomic E-state index is 0.0561. The maximum Gasteiger partial charge on any atom is 0.163 e. The van der Waals surface area contributed by atoms with E-state index in [0.29, 0.717) is 30.1 Å². The molecule has 4 aliphatic rings. The van der Waals surface area contributed by atoms with Gasteiger partial charge in [-0.05, 0) is 53.1 Å². The molecule has 0 spiro atoms. The van der Waals surface area contributed by atoms with Gasteiger partial charge in [0.1, 0.15) is 5.76 Å². The molecule has 0 radical (unpaired) electrons. The first kappa shape index (κ1) is 19.9.